The Morgan fingerprint density at radius 3 is 3.19 bits per heavy atom. The zero-order valence-electron chi connectivity index (χ0n) is 9.29. The minimum Gasteiger partial charge on any atom is -0.387 e. The first kappa shape index (κ1) is 11.1. The number of aliphatic hydroxyl groups is 1. The standard InChI is InChI=1S/C12H16N2O2/c1-8-3-2-4-9-5-13-6-10(12(8)9)14-11(16)7-15/h2-4,10,13,15H,5-7H2,1H3,(H,14,16). The van der Waals surface area contributed by atoms with Crippen LogP contribution >= 0.6 is 0 Å². The first-order valence-electron chi connectivity index (χ1n) is 5.41. The van der Waals surface area contributed by atoms with Crippen molar-refractivity contribution in [3.8, 4) is 0 Å². The van der Waals surface area contributed by atoms with Crippen LogP contribution in [-0.4, -0.2) is 24.2 Å². The van der Waals surface area contributed by atoms with Crippen LogP contribution in [0.15, 0.2) is 18.2 Å². The molecule has 0 radical (unpaired) electrons. The van der Waals surface area contributed by atoms with E-state index in [1.165, 1.54) is 16.7 Å². The molecule has 0 aromatic heterocycles. The van der Waals surface area contributed by atoms with Crippen LogP contribution in [0.4, 0.5) is 0 Å². The Labute approximate surface area is 94.7 Å². The molecule has 1 aliphatic rings. The highest BCUT2D eigenvalue weighted by Gasteiger charge is 2.22. The van der Waals surface area contributed by atoms with Crippen molar-refractivity contribution in [2.45, 2.75) is 19.5 Å². The number of aliphatic hydroxyl groups excluding tert-OH is 1. The number of rotatable bonds is 2. The largest absolute Gasteiger partial charge is 0.387 e. The molecule has 4 nitrogen and oxygen atoms in total. The zero-order chi connectivity index (χ0) is 11.5. The summed E-state index contributed by atoms with van der Waals surface area (Å²) in [5.74, 6) is -0.331. The van der Waals surface area contributed by atoms with E-state index in [0.29, 0.717) is 6.54 Å². The Kier molecular flexibility index (Phi) is 3.22. The lowest BCUT2D eigenvalue weighted by atomic mass is 9.92. The molecule has 4 heteroatoms. The van der Waals surface area contributed by atoms with Gasteiger partial charge in [0.15, 0.2) is 0 Å². The van der Waals surface area contributed by atoms with Crippen molar-refractivity contribution in [3.63, 3.8) is 0 Å². The lowest BCUT2D eigenvalue weighted by Gasteiger charge is -2.28. The fourth-order valence-corrected chi connectivity index (χ4v) is 2.21. The van der Waals surface area contributed by atoms with Crippen LogP contribution in [0.3, 0.4) is 0 Å². The Morgan fingerprint density at radius 1 is 1.62 bits per heavy atom. The van der Waals surface area contributed by atoms with Crippen molar-refractivity contribution in [2.75, 3.05) is 13.2 Å². The number of amides is 1. The lowest BCUT2D eigenvalue weighted by molar-refractivity contribution is -0.124. The number of hydrogen-bond acceptors (Lipinski definition) is 3. The fourth-order valence-electron chi connectivity index (χ4n) is 2.21. The van der Waals surface area contributed by atoms with Gasteiger partial charge in [-0.2, -0.15) is 0 Å². The molecule has 0 aliphatic carbocycles. The molecule has 0 saturated carbocycles. The molecule has 1 amide bonds. The molecule has 0 bridgehead atoms. The van der Waals surface area contributed by atoms with Crippen LogP contribution in [0.25, 0.3) is 0 Å². The molecule has 0 fully saturated rings. The van der Waals surface area contributed by atoms with E-state index in [0.717, 1.165) is 6.54 Å². The quantitative estimate of drug-likeness (QED) is 0.669. The third-order valence-corrected chi connectivity index (χ3v) is 2.91. The Hall–Kier alpha value is -1.39. The molecule has 1 heterocycles. The Balaban J connectivity index is 2.28. The number of carbonyl (C=O) groups excluding carboxylic acids is 1. The third kappa shape index (κ3) is 2.08. The van der Waals surface area contributed by atoms with Gasteiger partial charge in [0.05, 0.1) is 6.04 Å². The summed E-state index contributed by atoms with van der Waals surface area (Å²) in [5.41, 5.74) is 3.58. The SMILES string of the molecule is Cc1cccc2c1C(NC(=O)CO)CNC2. The van der Waals surface area contributed by atoms with Crippen molar-refractivity contribution in [1.29, 1.82) is 0 Å². The number of benzene rings is 1. The van der Waals surface area contributed by atoms with E-state index in [2.05, 4.69) is 16.7 Å². The van der Waals surface area contributed by atoms with Crippen molar-refractivity contribution in [2.24, 2.45) is 0 Å². The normalized spacial score (nSPS) is 19.0. The van der Waals surface area contributed by atoms with E-state index >= 15 is 0 Å². The maximum absolute atomic E-state index is 11.2. The van der Waals surface area contributed by atoms with Gasteiger partial charge in [-0.05, 0) is 23.6 Å². The summed E-state index contributed by atoms with van der Waals surface area (Å²) in [6.07, 6.45) is 0. The minimum atomic E-state index is -0.461. The second-order valence-electron chi connectivity index (χ2n) is 4.06. The van der Waals surface area contributed by atoms with E-state index in [9.17, 15) is 4.79 Å². The first-order chi connectivity index (χ1) is 7.72. The number of aryl methyl sites for hydroxylation is 1. The molecule has 1 atom stereocenters. The van der Waals surface area contributed by atoms with Crippen LogP contribution in [-0.2, 0) is 11.3 Å². The zero-order valence-corrected chi connectivity index (χ0v) is 9.29. The van der Waals surface area contributed by atoms with E-state index in [-0.39, 0.29) is 11.9 Å². The average molecular weight is 220 g/mol. The van der Waals surface area contributed by atoms with Crippen molar-refractivity contribution in [1.82, 2.24) is 10.6 Å². The average Bonchev–Trinajstić information content (AvgIpc) is 2.29. The van der Waals surface area contributed by atoms with Crippen LogP contribution in [0, 0.1) is 6.92 Å². The predicted molar refractivity (Wildman–Crippen MR) is 60.9 cm³/mol. The van der Waals surface area contributed by atoms with Gasteiger partial charge in [-0.15, -0.1) is 0 Å². The van der Waals surface area contributed by atoms with Gasteiger partial charge in [-0.1, -0.05) is 18.2 Å². The van der Waals surface area contributed by atoms with Gasteiger partial charge in [-0.3, -0.25) is 4.79 Å². The minimum absolute atomic E-state index is 0.0374. The highest BCUT2D eigenvalue weighted by molar-refractivity contribution is 5.77. The van der Waals surface area contributed by atoms with Crippen molar-refractivity contribution < 1.29 is 9.90 Å². The smallest absolute Gasteiger partial charge is 0.246 e. The summed E-state index contributed by atoms with van der Waals surface area (Å²) in [6, 6.07) is 6.09. The summed E-state index contributed by atoms with van der Waals surface area (Å²) < 4.78 is 0. The van der Waals surface area contributed by atoms with Crippen LogP contribution in [0.2, 0.25) is 0 Å². The summed E-state index contributed by atoms with van der Waals surface area (Å²) in [6.45, 7) is 3.13. The molecule has 1 unspecified atom stereocenters. The molecule has 2 rings (SSSR count). The third-order valence-electron chi connectivity index (χ3n) is 2.91. The van der Waals surface area contributed by atoms with E-state index < -0.39 is 6.61 Å². The number of nitrogens with one attached hydrogen (secondary N) is 2. The number of fused-ring (bicyclic) bond motifs is 1. The highest BCUT2D eigenvalue weighted by atomic mass is 16.3. The van der Waals surface area contributed by atoms with Gasteiger partial charge in [0.1, 0.15) is 6.61 Å². The summed E-state index contributed by atoms with van der Waals surface area (Å²) in [5, 5.41) is 14.8. The van der Waals surface area contributed by atoms with Gasteiger partial charge in [0.25, 0.3) is 0 Å². The van der Waals surface area contributed by atoms with Crippen molar-refractivity contribution >= 4 is 5.91 Å². The second kappa shape index (κ2) is 4.63. The Morgan fingerprint density at radius 2 is 2.44 bits per heavy atom. The fraction of sp³-hybridized carbons (Fsp3) is 0.417. The summed E-state index contributed by atoms with van der Waals surface area (Å²) in [7, 11) is 0. The van der Waals surface area contributed by atoms with Crippen LogP contribution < -0.4 is 10.6 Å². The molecule has 86 valence electrons. The number of carbonyl (C=O) groups is 1. The lowest BCUT2D eigenvalue weighted by Crippen LogP contribution is -2.40. The van der Waals surface area contributed by atoms with E-state index in [1.54, 1.807) is 0 Å². The van der Waals surface area contributed by atoms with Gasteiger partial charge >= 0.3 is 0 Å². The monoisotopic (exact) mass is 220 g/mol. The van der Waals surface area contributed by atoms with Gasteiger partial charge in [0.2, 0.25) is 5.91 Å². The van der Waals surface area contributed by atoms with Gasteiger partial charge in [-0.25, -0.2) is 0 Å². The Bertz CT molecular complexity index is 404. The molecular weight excluding hydrogens is 204 g/mol. The molecular formula is C12H16N2O2. The number of hydrogen-bond donors (Lipinski definition) is 3. The molecule has 0 spiro atoms. The van der Waals surface area contributed by atoms with Gasteiger partial charge in [0, 0.05) is 13.1 Å². The van der Waals surface area contributed by atoms with Crippen LogP contribution in [0.1, 0.15) is 22.7 Å². The van der Waals surface area contributed by atoms with E-state index in [1.807, 2.05) is 19.1 Å². The maximum atomic E-state index is 11.2. The van der Waals surface area contributed by atoms with E-state index in [4.69, 9.17) is 5.11 Å². The first-order valence-corrected chi connectivity index (χ1v) is 5.41. The highest BCUT2D eigenvalue weighted by Crippen LogP contribution is 2.25. The van der Waals surface area contributed by atoms with Crippen LogP contribution in [0.5, 0.6) is 0 Å². The molecule has 1 aliphatic heterocycles. The second-order valence-corrected chi connectivity index (χ2v) is 4.06. The van der Waals surface area contributed by atoms with Gasteiger partial charge < -0.3 is 15.7 Å². The molecule has 1 aromatic rings. The molecule has 0 saturated heterocycles. The van der Waals surface area contributed by atoms with Crippen molar-refractivity contribution in [3.05, 3.63) is 34.9 Å². The summed E-state index contributed by atoms with van der Waals surface area (Å²) >= 11 is 0. The predicted octanol–water partition coefficient (Wildman–Crippen LogP) is 0.248. The maximum Gasteiger partial charge on any atom is 0.246 e. The molecule has 16 heavy (non-hydrogen) atoms. The molecule has 1 aromatic carbocycles. The topological polar surface area (TPSA) is 61.4 Å². The summed E-state index contributed by atoms with van der Waals surface area (Å²) in [4.78, 5) is 11.2. The molecule has 3 N–H and O–H groups in total.